The number of aryl methyl sites for hydroxylation is 1. The second-order valence-electron chi connectivity index (χ2n) is 14.8. The summed E-state index contributed by atoms with van der Waals surface area (Å²) in [4.78, 5) is 32.5. The Kier molecular flexibility index (Phi) is 8.61. The van der Waals surface area contributed by atoms with Crippen LogP contribution in [-0.4, -0.2) is 98.8 Å². The van der Waals surface area contributed by atoms with Crippen LogP contribution >= 0.6 is 0 Å². The first-order valence-corrected chi connectivity index (χ1v) is 18.1. The van der Waals surface area contributed by atoms with Crippen LogP contribution < -0.4 is 9.64 Å². The number of rotatable bonds is 8. The van der Waals surface area contributed by atoms with E-state index in [1.54, 1.807) is 24.2 Å². The van der Waals surface area contributed by atoms with Gasteiger partial charge >= 0.3 is 12.1 Å². The molecule has 2 bridgehead atoms. The van der Waals surface area contributed by atoms with Gasteiger partial charge in [-0.1, -0.05) is 13.0 Å². The summed E-state index contributed by atoms with van der Waals surface area (Å²) in [5.41, 5.74) is 0.229. The smallest absolute Gasteiger partial charge is 0.411 e. The Morgan fingerprint density at radius 3 is 2.76 bits per heavy atom. The number of fused-ring (bicyclic) bond motifs is 5. The summed E-state index contributed by atoms with van der Waals surface area (Å²) in [5, 5.41) is 22.8. The predicted molar refractivity (Wildman–Crippen MR) is 188 cm³/mol. The second kappa shape index (κ2) is 13.0. The molecule has 2 aromatic heterocycles. The van der Waals surface area contributed by atoms with E-state index in [-0.39, 0.29) is 64.8 Å². The molecule has 1 saturated carbocycles. The van der Waals surface area contributed by atoms with Crippen molar-refractivity contribution in [3.8, 4) is 23.0 Å². The fourth-order valence-electron chi connectivity index (χ4n) is 9.06. The topological polar surface area (TPSA) is 124 Å². The van der Waals surface area contributed by atoms with Gasteiger partial charge in [0.15, 0.2) is 12.0 Å². The van der Waals surface area contributed by atoms with Gasteiger partial charge in [-0.25, -0.2) is 13.6 Å². The van der Waals surface area contributed by atoms with Crippen molar-refractivity contribution < 1.29 is 33.3 Å². The lowest BCUT2D eigenvalue weighted by Gasteiger charge is -2.35. The number of aliphatic hydroxyl groups excluding tert-OH is 1. The van der Waals surface area contributed by atoms with E-state index in [2.05, 4.69) is 19.8 Å². The molecule has 4 aromatic rings. The van der Waals surface area contributed by atoms with Gasteiger partial charge in [0.2, 0.25) is 0 Å². The SMILES string of the molecule is CCc1c(F)ccc2cc(O)cc(-c3ncc4c(N5CC6CC(O)C(C6)C5)nc(OC[C@]56CCCN5[C@@H](OC(=O)N(C)CC)CC6)nc4c3F)c12. The van der Waals surface area contributed by atoms with Gasteiger partial charge in [-0.2, -0.15) is 9.97 Å². The first kappa shape index (κ1) is 33.8. The van der Waals surface area contributed by atoms with Crippen molar-refractivity contribution >= 4 is 33.6 Å². The molecule has 2 aromatic carbocycles. The minimum absolute atomic E-state index is 0.00558. The Bertz CT molecular complexity index is 2010. The van der Waals surface area contributed by atoms with Crippen LogP contribution in [0.4, 0.5) is 19.4 Å². The number of benzene rings is 2. The lowest BCUT2D eigenvalue weighted by molar-refractivity contribution is -0.0331. The third-order valence-electron chi connectivity index (χ3n) is 11.7. The van der Waals surface area contributed by atoms with E-state index >= 15 is 8.78 Å². The highest BCUT2D eigenvalue weighted by molar-refractivity contribution is 6.01. The molecule has 270 valence electrons. The zero-order valence-electron chi connectivity index (χ0n) is 29.2. The number of aliphatic hydroxyl groups is 1. The second-order valence-corrected chi connectivity index (χ2v) is 14.8. The lowest BCUT2D eigenvalue weighted by Crippen LogP contribution is -2.48. The van der Waals surface area contributed by atoms with Crippen molar-refractivity contribution in [2.75, 3.05) is 44.7 Å². The maximum absolute atomic E-state index is 17.0. The number of piperidine rings is 1. The Morgan fingerprint density at radius 2 is 1.98 bits per heavy atom. The molecule has 2 N–H and O–H groups in total. The number of aromatic hydroxyl groups is 1. The summed E-state index contributed by atoms with van der Waals surface area (Å²) in [6, 6.07) is 5.88. The first-order valence-electron chi connectivity index (χ1n) is 18.1. The summed E-state index contributed by atoms with van der Waals surface area (Å²) in [7, 11) is 1.71. The minimum Gasteiger partial charge on any atom is -0.508 e. The van der Waals surface area contributed by atoms with Gasteiger partial charge in [-0.15, -0.1) is 0 Å². The molecule has 1 amide bonds. The quantitative estimate of drug-likeness (QED) is 0.225. The molecule has 4 fully saturated rings. The van der Waals surface area contributed by atoms with Gasteiger partial charge in [0, 0.05) is 57.3 Å². The first-order chi connectivity index (χ1) is 24.6. The Morgan fingerprint density at radius 1 is 1.14 bits per heavy atom. The average Bonchev–Trinajstić information content (AvgIpc) is 3.77. The van der Waals surface area contributed by atoms with Crippen LogP contribution in [0.5, 0.6) is 11.8 Å². The molecule has 3 unspecified atom stereocenters. The Labute approximate surface area is 295 Å². The van der Waals surface area contributed by atoms with Crippen molar-refractivity contribution in [2.24, 2.45) is 11.8 Å². The number of amides is 1. The summed E-state index contributed by atoms with van der Waals surface area (Å²) in [6.45, 7) is 6.47. The van der Waals surface area contributed by atoms with Crippen LogP contribution in [0.1, 0.15) is 57.9 Å². The third-order valence-corrected chi connectivity index (χ3v) is 11.7. The van der Waals surface area contributed by atoms with E-state index in [0.29, 0.717) is 66.4 Å². The zero-order chi connectivity index (χ0) is 35.6. The molecule has 51 heavy (non-hydrogen) atoms. The molecule has 1 aliphatic carbocycles. The van der Waals surface area contributed by atoms with Crippen LogP contribution in [0.25, 0.3) is 32.9 Å². The molecule has 0 radical (unpaired) electrons. The van der Waals surface area contributed by atoms with Crippen LogP contribution in [0.15, 0.2) is 30.5 Å². The summed E-state index contributed by atoms with van der Waals surface area (Å²) < 4.78 is 44.4. The lowest BCUT2D eigenvalue weighted by atomic mass is 9.94. The molecule has 11 nitrogen and oxygen atoms in total. The number of carbonyl (C=O) groups excluding carboxylic acids is 1. The van der Waals surface area contributed by atoms with Gasteiger partial charge in [-0.05, 0) is 85.9 Å². The van der Waals surface area contributed by atoms with Crippen LogP contribution in [0.2, 0.25) is 0 Å². The number of hydrogen-bond acceptors (Lipinski definition) is 10. The number of ether oxygens (including phenoxy) is 2. The molecule has 3 aliphatic heterocycles. The van der Waals surface area contributed by atoms with E-state index < -0.39 is 17.7 Å². The summed E-state index contributed by atoms with van der Waals surface area (Å²) >= 11 is 0. The number of phenols is 1. The molecule has 0 spiro atoms. The van der Waals surface area contributed by atoms with Crippen LogP contribution in [-0.2, 0) is 11.2 Å². The van der Waals surface area contributed by atoms with E-state index in [9.17, 15) is 15.0 Å². The number of halogens is 2. The highest BCUT2D eigenvalue weighted by Gasteiger charge is 2.51. The van der Waals surface area contributed by atoms with Gasteiger partial charge in [0.1, 0.15) is 35.2 Å². The van der Waals surface area contributed by atoms with Crippen molar-refractivity contribution in [2.45, 2.75) is 76.7 Å². The van der Waals surface area contributed by atoms with Gasteiger partial charge in [0.05, 0.1) is 17.0 Å². The zero-order valence-corrected chi connectivity index (χ0v) is 29.2. The van der Waals surface area contributed by atoms with Crippen molar-refractivity contribution in [3.63, 3.8) is 0 Å². The Balaban J connectivity index is 1.20. The van der Waals surface area contributed by atoms with Gasteiger partial charge in [0.25, 0.3) is 0 Å². The average molecular weight is 703 g/mol. The van der Waals surface area contributed by atoms with E-state index in [1.165, 1.54) is 18.2 Å². The van der Waals surface area contributed by atoms with Crippen molar-refractivity contribution in [3.05, 3.63) is 47.7 Å². The third kappa shape index (κ3) is 5.78. The highest BCUT2D eigenvalue weighted by Crippen LogP contribution is 2.45. The maximum atomic E-state index is 17.0. The molecule has 5 atom stereocenters. The normalized spacial score (nSPS) is 25.9. The number of nitrogens with zero attached hydrogens (tertiary/aromatic N) is 6. The molecular weight excluding hydrogens is 658 g/mol. The van der Waals surface area contributed by atoms with Gasteiger partial charge < -0.3 is 29.5 Å². The predicted octanol–water partition coefficient (Wildman–Crippen LogP) is 6.02. The Hall–Kier alpha value is -4.36. The number of carbonyl (C=O) groups is 1. The molecule has 5 heterocycles. The number of aromatic nitrogens is 3. The fraction of sp³-hybridized carbons (Fsp3) is 0.526. The number of anilines is 1. The van der Waals surface area contributed by atoms with E-state index in [4.69, 9.17) is 14.5 Å². The molecule has 3 saturated heterocycles. The van der Waals surface area contributed by atoms with Gasteiger partial charge in [-0.3, -0.25) is 9.88 Å². The molecule has 4 aliphatic rings. The highest BCUT2D eigenvalue weighted by atomic mass is 19.1. The number of hydrogen-bond donors (Lipinski definition) is 2. The fourth-order valence-corrected chi connectivity index (χ4v) is 9.06. The van der Waals surface area contributed by atoms with E-state index in [1.807, 2.05) is 13.8 Å². The number of phenolic OH excluding ortho intramolecular Hbond substituents is 1. The van der Waals surface area contributed by atoms with Crippen molar-refractivity contribution in [1.29, 1.82) is 0 Å². The maximum Gasteiger partial charge on any atom is 0.411 e. The largest absolute Gasteiger partial charge is 0.508 e. The summed E-state index contributed by atoms with van der Waals surface area (Å²) in [5.74, 6) is -0.396. The number of pyridine rings is 1. The van der Waals surface area contributed by atoms with Crippen LogP contribution in [0.3, 0.4) is 0 Å². The minimum atomic E-state index is -0.729. The monoisotopic (exact) mass is 702 g/mol. The molecular formula is C38H44F2N6O5. The summed E-state index contributed by atoms with van der Waals surface area (Å²) in [6.07, 6.45) is 5.64. The molecule has 8 rings (SSSR count). The molecule has 13 heteroatoms. The van der Waals surface area contributed by atoms with Crippen LogP contribution in [0, 0.1) is 23.5 Å². The van der Waals surface area contributed by atoms with E-state index in [0.717, 1.165) is 32.2 Å². The van der Waals surface area contributed by atoms with Crippen molar-refractivity contribution in [1.82, 2.24) is 24.8 Å². The standard InChI is InChI=1S/C38H44F2N6O5/c1-4-25-28(39)8-7-22-15-24(47)16-26(31(22)25)33-32(40)34-27(17-41-33)35(45-18-21-13-23(19-45)29(48)14-21)43-36(42-34)50-20-38-10-6-12-46(38)30(9-11-38)51-37(49)44(3)5-2/h7-8,15-17,21,23,29-30,47-48H,4-6,9-14,18-20H2,1-3H3/t21?,23?,29?,30-,38+/m0/s1.